The Morgan fingerprint density at radius 2 is 1.17 bits per heavy atom. The van der Waals surface area contributed by atoms with Crippen LogP contribution in [0.4, 0.5) is 48.3 Å². The van der Waals surface area contributed by atoms with Gasteiger partial charge in [-0.3, -0.25) is 0 Å². The van der Waals surface area contributed by atoms with Crippen molar-refractivity contribution < 1.29 is 53.0 Å². The molecule has 0 aliphatic heterocycles. The van der Waals surface area contributed by atoms with Crippen LogP contribution >= 0.6 is 0 Å². The number of rotatable bonds is 5. The second-order valence-electron chi connectivity index (χ2n) is 2.93. The van der Waals surface area contributed by atoms with E-state index in [4.69, 9.17) is 0 Å². The van der Waals surface area contributed by atoms with E-state index in [9.17, 15) is 48.3 Å². The molecule has 0 saturated carbocycles. The third kappa shape index (κ3) is 3.36. The largest absolute Gasteiger partial charge is 0.459 e. The van der Waals surface area contributed by atoms with Gasteiger partial charge in [0.05, 0.1) is 0 Å². The maximum Gasteiger partial charge on any atom is 0.459 e. The van der Waals surface area contributed by atoms with Crippen LogP contribution in [-0.4, -0.2) is 37.2 Å². The molecule has 0 aromatic rings. The van der Waals surface area contributed by atoms with Crippen molar-refractivity contribution in [2.75, 3.05) is 6.61 Å². The van der Waals surface area contributed by atoms with Gasteiger partial charge in [-0.1, -0.05) is 0 Å². The summed E-state index contributed by atoms with van der Waals surface area (Å²) in [6, 6.07) is 0. The Morgan fingerprint density at radius 3 is 1.44 bits per heavy atom. The lowest BCUT2D eigenvalue weighted by Crippen LogP contribution is -2.55. The molecule has 0 amide bonds. The molecule has 0 bridgehead atoms. The first-order chi connectivity index (χ1) is 7.65. The molecule has 12 heteroatoms. The predicted octanol–water partition coefficient (Wildman–Crippen LogP) is 3.69. The van der Waals surface area contributed by atoms with Crippen LogP contribution in [0.2, 0.25) is 0 Å². The summed E-state index contributed by atoms with van der Waals surface area (Å²) in [6.07, 6.45) is -17.0. The molecule has 0 saturated heterocycles. The maximum atomic E-state index is 12.3. The molecule has 0 aliphatic carbocycles. The fraction of sp³-hybridized carbons (Fsp3) is 1.00. The normalized spacial score (nSPS) is 15.3. The van der Waals surface area contributed by atoms with Crippen molar-refractivity contribution in [2.45, 2.75) is 30.6 Å². The Kier molecular flexibility index (Phi) is 4.49. The number of hydrogen-bond donors (Lipinski definition) is 0. The fourth-order valence-corrected chi connectivity index (χ4v) is 0.548. The Balaban J connectivity index is 4.88. The lowest BCUT2D eigenvalue weighted by molar-refractivity contribution is -0.384. The molecule has 0 atom stereocenters. The molecule has 0 unspecified atom stereocenters. The molecular weight excluding hydrogens is 297 g/mol. The summed E-state index contributed by atoms with van der Waals surface area (Å²) >= 11 is 0. The second kappa shape index (κ2) is 4.70. The summed E-state index contributed by atoms with van der Waals surface area (Å²) in [4.78, 5) is 0. The third-order valence-electron chi connectivity index (χ3n) is 1.52. The van der Waals surface area contributed by atoms with Crippen LogP contribution in [0, 0.1) is 0 Å². The van der Waals surface area contributed by atoms with Crippen LogP contribution in [0.1, 0.15) is 0 Å². The summed E-state index contributed by atoms with van der Waals surface area (Å²) in [5, 5.41) is 0. The van der Waals surface area contributed by atoms with E-state index in [1.807, 2.05) is 0 Å². The van der Waals surface area contributed by atoms with Crippen molar-refractivity contribution >= 4 is 0 Å². The van der Waals surface area contributed by atoms with Gasteiger partial charge in [0.15, 0.2) is 0 Å². The van der Waals surface area contributed by atoms with Crippen LogP contribution in [0.25, 0.3) is 0 Å². The van der Waals surface area contributed by atoms with Gasteiger partial charge in [-0.2, -0.15) is 39.5 Å². The molecule has 0 heterocycles. The van der Waals surface area contributed by atoms with E-state index >= 15 is 0 Å². The minimum atomic E-state index is -6.75. The van der Waals surface area contributed by atoms with Crippen molar-refractivity contribution in [3.05, 3.63) is 0 Å². The molecule has 0 radical (unpaired) electrons. The SMILES string of the molecule is FC(F)C(F)(F)OCC(F)(F)C(F)(F)C(F)(F)F. The molecule has 0 aromatic carbocycles. The van der Waals surface area contributed by atoms with Gasteiger partial charge in [0.1, 0.15) is 6.61 Å². The zero-order valence-corrected chi connectivity index (χ0v) is 7.85. The number of halogens is 11. The van der Waals surface area contributed by atoms with E-state index in [-0.39, 0.29) is 0 Å². The first kappa shape index (κ1) is 17.2. The average Bonchev–Trinajstić information content (AvgIpc) is 2.12. The van der Waals surface area contributed by atoms with E-state index < -0.39 is 37.2 Å². The van der Waals surface area contributed by atoms with Gasteiger partial charge >= 0.3 is 30.6 Å². The molecule has 0 rings (SSSR count). The van der Waals surface area contributed by atoms with Gasteiger partial charge in [0.25, 0.3) is 0 Å². The lowest BCUT2D eigenvalue weighted by atomic mass is 10.2. The lowest BCUT2D eigenvalue weighted by Gasteiger charge is -2.29. The quantitative estimate of drug-likeness (QED) is 0.704. The first-order valence-corrected chi connectivity index (χ1v) is 3.77. The maximum absolute atomic E-state index is 12.3. The molecule has 110 valence electrons. The minimum absolute atomic E-state index is 2.42. The van der Waals surface area contributed by atoms with Gasteiger partial charge in [-0.25, -0.2) is 8.78 Å². The standard InChI is InChI=1S/C6H3F11O/c7-2(8)4(11,12)18-1-3(9,10)5(13,14)6(15,16)17/h2H,1H2. The van der Waals surface area contributed by atoms with Crippen LogP contribution in [0.3, 0.4) is 0 Å². The van der Waals surface area contributed by atoms with Crippen molar-refractivity contribution in [2.24, 2.45) is 0 Å². The monoisotopic (exact) mass is 300 g/mol. The van der Waals surface area contributed by atoms with Crippen molar-refractivity contribution in [3.8, 4) is 0 Å². The third-order valence-corrected chi connectivity index (χ3v) is 1.52. The average molecular weight is 300 g/mol. The Morgan fingerprint density at radius 1 is 0.778 bits per heavy atom. The number of alkyl halides is 11. The second-order valence-corrected chi connectivity index (χ2v) is 2.93. The summed E-state index contributed by atoms with van der Waals surface area (Å²) in [5.41, 5.74) is 0. The Bertz CT molecular complexity index is 280. The van der Waals surface area contributed by atoms with Crippen LogP contribution < -0.4 is 0 Å². The summed E-state index contributed by atoms with van der Waals surface area (Å²) in [5.74, 6) is -12.8. The fourth-order valence-electron chi connectivity index (χ4n) is 0.548. The Hall–Kier alpha value is -0.810. The van der Waals surface area contributed by atoms with Crippen molar-refractivity contribution in [1.29, 1.82) is 0 Å². The van der Waals surface area contributed by atoms with Crippen molar-refractivity contribution in [1.82, 2.24) is 0 Å². The van der Waals surface area contributed by atoms with Gasteiger partial charge in [-0.05, 0) is 0 Å². The molecule has 0 aliphatic rings. The topological polar surface area (TPSA) is 9.23 Å². The van der Waals surface area contributed by atoms with E-state index in [1.165, 1.54) is 0 Å². The van der Waals surface area contributed by atoms with Gasteiger partial charge in [0.2, 0.25) is 0 Å². The van der Waals surface area contributed by atoms with Crippen molar-refractivity contribution in [3.63, 3.8) is 0 Å². The summed E-state index contributed by atoms with van der Waals surface area (Å²) < 4.78 is 132. The van der Waals surface area contributed by atoms with Gasteiger partial charge < -0.3 is 4.74 Å². The zero-order chi connectivity index (χ0) is 15.0. The van der Waals surface area contributed by atoms with E-state index in [2.05, 4.69) is 4.74 Å². The highest BCUT2D eigenvalue weighted by atomic mass is 19.4. The molecular formula is C6H3F11O. The molecule has 0 aromatic heterocycles. The van der Waals surface area contributed by atoms with E-state index in [0.29, 0.717) is 0 Å². The minimum Gasteiger partial charge on any atom is -0.309 e. The van der Waals surface area contributed by atoms with Gasteiger partial charge in [-0.15, -0.1) is 0 Å². The zero-order valence-electron chi connectivity index (χ0n) is 7.85. The van der Waals surface area contributed by atoms with Crippen LogP contribution in [0.15, 0.2) is 0 Å². The highest BCUT2D eigenvalue weighted by Crippen LogP contribution is 2.47. The predicted molar refractivity (Wildman–Crippen MR) is 32.9 cm³/mol. The van der Waals surface area contributed by atoms with E-state index in [1.54, 1.807) is 0 Å². The molecule has 0 fully saturated rings. The van der Waals surface area contributed by atoms with Gasteiger partial charge in [0, 0.05) is 0 Å². The molecule has 0 N–H and O–H groups in total. The molecule has 18 heavy (non-hydrogen) atoms. The van der Waals surface area contributed by atoms with E-state index in [0.717, 1.165) is 0 Å². The number of ether oxygens (including phenoxy) is 1. The highest BCUT2D eigenvalue weighted by Gasteiger charge is 2.73. The number of hydrogen-bond acceptors (Lipinski definition) is 1. The smallest absolute Gasteiger partial charge is 0.309 e. The van der Waals surface area contributed by atoms with Crippen LogP contribution in [0.5, 0.6) is 0 Å². The highest BCUT2D eigenvalue weighted by molar-refractivity contribution is 4.91. The molecule has 0 spiro atoms. The molecule has 1 nitrogen and oxygen atoms in total. The van der Waals surface area contributed by atoms with Crippen LogP contribution in [-0.2, 0) is 4.74 Å². The Labute approximate surface area is 91.5 Å². The summed E-state index contributed by atoms with van der Waals surface area (Å²) in [7, 11) is 0. The summed E-state index contributed by atoms with van der Waals surface area (Å²) in [6.45, 7) is -3.23. The first-order valence-electron chi connectivity index (χ1n) is 3.77.